The maximum absolute atomic E-state index is 12.1. The van der Waals surface area contributed by atoms with Gasteiger partial charge in [-0.25, -0.2) is 0 Å². The number of carbonyl (C=O) groups excluding carboxylic acids is 1. The summed E-state index contributed by atoms with van der Waals surface area (Å²) in [5.74, 6) is 0.200. The summed E-state index contributed by atoms with van der Waals surface area (Å²) < 4.78 is 0. The number of benzene rings is 1. The van der Waals surface area contributed by atoms with E-state index in [1.807, 2.05) is 6.07 Å². The molecule has 0 bridgehead atoms. The average Bonchev–Trinajstić information content (AvgIpc) is 3.01. The number of anilines is 2. The molecule has 1 aliphatic carbocycles. The highest BCUT2D eigenvalue weighted by Gasteiger charge is 2.47. The minimum atomic E-state index is -0.0583. The topological polar surface area (TPSA) is 41.1 Å². The zero-order valence-electron chi connectivity index (χ0n) is 10.6. The van der Waals surface area contributed by atoms with Crippen molar-refractivity contribution in [3.05, 3.63) is 23.8 Å². The van der Waals surface area contributed by atoms with E-state index < -0.39 is 0 Å². The van der Waals surface area contributed by atoms with E-state index in [9.17, 15) is 4.79 Å². The number of rotatable bonds is 3. The van der Waals surface area contributed by atoms with Crippen LogP contribution in [-0.4, -0.2) is 12.5 Å². The Morgan fingerprint density at radius 3 is 2.89 bits per heavy atom. The Morgan fingerprint density at radius 2 is 2.22 bits per heavy atom. The third kappa shape index (κ3) is 2.19. The molecule has 3 rings (SSSR count). The van der Waals surface area contributed by atoms with E-state index in [1.54, 1.807) is 0 Å². The van der Waals surface area contributed by atoms with Gasteiger partial charge >= 0.3 is 0 Å². The van der Waals surface area contributed by atoms with E-state index >= 15 is 0 Å². The van der Waals surface area contributed by atoms with Crippen molar-refractivity contribution in [2.45, 2.75) is 32.6 Å². The summed E-state index contributed by atoms with van der Waals surface area (Å²) in [5.41, 5.74) is 3.40. The van der Waals surface area contributed by atoms with Crippen LogP contribution in [0.5, 0.6) is 0 Å². The standard InChI is InChI=1S/C14H18N2O.ClH/c1-2-14(6-7-14)13(17)16-11-3-4-12-10(9-11)5-8-15-12;/h3-4,9,15H,2,5-8H2,1H3,(H,16,17);1H. The van der Waals surface area contributed by atoms with Gasteiger partial charge in [0.25, 0.3) is 0 Å². The van der Waals surface area contributed by atoms with Crippen LogP contribution in [0.3, 0.4) is 0 Å². The molecule has 3 nitrogen and oxygen atoms in total. The summed E-state index contributed by atoms with van der Waals surface area (Å²) in [6.45, 7) is 3.10. The summed E-state index contributed by atoms with van der Waals surface area (Å²) in [5, 5.41) is 6.38. The quantitative estimate of drug-likeness (QED) is 0.882. The second-order valence-electron chi connectivity index (χ2n) is 5.14. The summed E-state index contributed by atoms with van der Waals surface area (Å²) in [4.78, 5) is 12.1. The van der Waals surface area contributed by atoms with Gasteiger partial charge in [0.2, 0.25) is 5.91 Å². The highest BCUT2D eigenvalue weighted by atomic mass is 35.5. The SMILES string of the molecule is CCC1(C(=O)Nc2ccc3c(c2)CCN3)CC1.Cl. The second-order valence-corrected chi connectivity index (χ2v) is 5.14. The van der Waals surface area contributed by atoms with E-state index in [0.717, 1.165) is 37.9 Å². The average molecular weight is 267 g/mol. The molecule has 0 saturated heterocycles. The molecule has 1 aromatic carbocycles. The van der Waals surface area contributed by atoms with Crippen LogP contribution in [0.1, 0.15) is 31.7 Å². The van der Waals surface area contributed by atoms with E-state index in [-0.39, 0.29) is 23.7 Å². The number of amides is 1. The second kappa shape index (κ2) is 4.81. The number of halogens is 1. The lowest BCUT2D eigenvalue weighted by molar-refractivity contribution is -0.121. The van der Waals surface area contributed by atoms with Crippen molar-refractivity contribution in [1.82, 2.24) is 0 Å². The first-order chi connectivity index (χ1) is 8.23. The highest BCUT2D eigenvalue weighted by Crippen LogP contribution is 2.49. The van der Waals surface area contributed by atoms with Crippen molar-refractivity contribution in [3.8, 4) is 0 Å². The molecular weight excluding hydrogens is 248 g/mol. The normalized spacial score (nSPS) is 18.3. The monoisotopic (exact) mass is 266 g/mol. The van der Waals surface area contributed by atoms with Crippen LogP contribution < -0.4 is 10.6 Å². The number of hydrogen-bond donors (Lipinski definition) is 2. The van der Waals surface area contributed by atoms with Gasteiger partial charge < -0.3 is 10.6 Å². The Balaban J connectivity index is 0.00000120. The molecule has 1 saturated carbocycles. The van der Waals surface area contributed by atoms with Crippen LogP contribution in [0.4, 0.5) is 11.4 Å². The van der Waals surface area contributed by atoms with Gasteiger partial charge in [-0.15, -0.1) is 12.4 Å². The molecule has 0 unspecified atom stereocenters. The van der Waals surface area contributed by atoms with E-state index in [1.165, 1.54) is 11.3 Å². The molecule has 1 aliphatic heterocycles. The van der Waals surface area contributed by atoms with E-state index in [2.05, 4.69) is 29.7 Å². The minimum Gasteiger partial charge on any atom is -0.384 e. The van der Waals surface area contributed by atoms with Crippen LogP contribution >= 0.6 is 12.4 Å². The lowest BCUT2D eigenvalue weighted by Gasteiger charge is -2.13. The fourth-order valence-corrected chi connectivity index (χ4v) is 2.54. The summed E-state index contributed by atoms with van der Waals surface area (Å²) >= 11 is 0. The fourth-order valence-electron chi connectivity index (χ4n) is 2.54. The van der Waals surface area contributed by atoms with Crippen molar-refractivity contribution < 1.29 is 4.79 Å². The van der Waals surface area contributed by atoms with Gasteiger partial charge in [0.05, 0.1) is 0 Å². The van der Waals surface area contributed by atoms with Gasteiger partial charge in [-0.2, -0.15) is 0 Å². The lowest BCUT2D eigenvalue weighted by Crippen LogP contribution is -2.23. The van der Waals surface area contributed by atoms with Gasteiger partial charge in [-0.3, -0.25) is 4.79 Å². The first-order valence-corrected chi connectivity index (χ1v) is 6.42. The van der Waals surface area contributed by atoms with E-state index in [4.69, 9.17) is 0 Å². The van der Waals surface area contributed by atoms with E-state index in [0.29, 0.717) is 0 Å². The molecule has 1 amide bonds. The van der Waals surface area contributed by atoms with Crippen LogP contribution in [0.25, 0.3) is 0 Å². The van der Waals surface area contributed by atoms with Crippen LogP contribution in [0, 0.1) is 5.41 Å². The molecule has 0 radical (unpaired) electrons. The van der Waals surface area contributed by atoms with Gasteiger partial charge in [0.15, 0.2) is 0 Å². The van der Waals surface area contributed by atoms with Gasteiger partial charge in [0.1, 0.15) is 0 Å². The lowest BCUT2D eigenvalue weighted by atomic mass is 10.0. The Kier molecular flexibility index (Phi) is 3.53. The minimum absolute atomic E-state index is 0. The number of hydrogen-bond acceptors (Lipinski definition) is 2. The molecular formula is C14H19ClN2O. The molecule has 0 spiro atoms. The predicted octanol–water partition coefficient (Wildman–Crippen LogP) is 3.21. The summed E-state index contributed by atoms with van der Waals surface area (Å²) in [6.07, 6.45) is 4.09. The van der Waals surface area contributed by atoms with Gasteiger partial charge in [-0.05, 0) is 49.4 Å². The molecule has 2 aliphatic rings. The smallest absolute Gasteiger partial charge is 0.230 e. The first-order valence-electron chi connectivity index (χ1n) is 6.42. The van der Waals surface area contributed by atoms with Gasteiger partial charge in [-0.1, -0.05) is 6.92 Å². The van der Waals surface area contributed by atoms with Crippen molar-refractivity contribution in [2.75, 3.05) is 17.2 Å². The molecule has 98 valence electrons. The van der Waals surface area contributed by atoms with Crippen molar-refractivity contribution in [2.24, 2.45) is 5.41 Å². The molecule has 18 heavy (non-hydrogen) atoms. The molecule has 1 aromatic rings. The summed E-state index contributed by atoms with van der Waals surface area (Å²) in [7, 11) is 0. The third-order valence-electron chi connectivity index (χ3n) is 4.08. The molecule has 0 aromatic heterocycles. The maximum atomic E-state index is 12.1. The highest BCUT2D eigenvalue weighted by molar-refractivity contribution is 5.97. The van der Waals surface area contributed by atoms with Crippen molar-refractivity contribution >= 4 is 29.7 Å². The fraction of sp³-hybridized carbons (Fsp3) is 0.500. The summed E-state index contributed by atoms with van der Waals surface area (Å²) in [6, 6.07) is 6.14. The zero-order chi connectivity index (χ0) is 11.9. The van der Waals surface area contributed by atoms with Crippen molar-refractivity contribution in [3.63, 3.8) is 0 Å². The molecule has 1 fully saturated rings. The number of fused-ring (bicyclic) bond motifs is 1. The Hall–Kier alpha value is -1.22. The van der Waals surface area contributed by atoms with Gasteiger partial charge in [0, 0.05) is 23.3 Å². The molecule has 0 atom stereocenters. The Morgan fingerprint density at radius 1 is 1.44 bits per heavy atom. The Labute approximate surface area is 114 Å². The van der Waals surface area contributed by atoms with Crippen LogP contribution in [0.2, 0.25) is 0 Å². The predicted molar refractivity (Wildman–Crippen MR) is 76.5 cm³/mol. The van der Waals surface area contributed by atoms with Crippen LogP contribution in [0.15, 0.2) is 18.2 Å². The number of carbonyl (C=O) groups is 1. The molecule has 2 N–H and O–H groups in total. The van der Waals surface area contributed by atoms with Crippen molar-refractivity contribution in [1.29, 1.82) is 0 Å². The first kappa shape index (κ1) is 13.2. The zero-order valence-corrected chi connectivity index (χ0v) is 11.4. The maximum Gasteiger partial charge on any atom is 0.230 e. The molecule has 4 heteroatoms. The Bertz CT molecular complexity index is 469. The largest absolute Gasteiger partial charge is 0.384 e. The third-order valence-corrected chi connectivity index (χ3v) is 4.08. The van der Waals surface area contributed by atoms with Crippen LogP contribution in [-0.2, 0) is 11.2 Å². The molecule has 1 heterocycles. The number of nitrogens with one attached hydrogen (secondary N) is 2.